The summed E-state index contributed by atoms with van der Waals surface area (Å²) >= 11 is 0. The lowest BCUT2D eigenvalue weighted by Crippen LogP contribution is -2.33. The fourth-order valence-electron chi connectivity index (χ4n) is 3.67. The van der Waals surface area contributed by atoms with Gasteiger partial charge in [-0.25, -0.2) is 9.97 Å². The molecule has 0 radical (unpaired) electrons. The Hall–Kier alpha value is -2.51. The number of rotatable bonds is 6. The van der Waals surface area contributed by atoms with Crippen molar-refractivity contribution >= 4 is 10.9 Å². The SMILES string of the molecule is COCCn1c(C2CCCN2Cc2cocn2)nc2ccccc2c1=O. The van der Waals surface area contributed by atoms with Crippen molar-refractivity contribution in [2.45, 2.75) is 32.0 Å². The highest BCUT2D eigenvalue weighted by molar-refractivity contribution is 5.77. The van der Waals surface area contributed by atoms with E-state index in [1.54, 1.807) is 17.9 Å². The van der Waals surface area contributed by atoms with E-state index in [1.807, 2.05) is 24.3 Å². The van der Waals surface area contributed by atoms with Crippen LogP contribution in [0.3, 0.4) is 0 Å². The number of ether oxygens (including phenoxy) is 1. The second kappa shape index (κ2) is 7.39. The molecule has 0 bridgehead atoms. The molecule has 1 saturated heterocycles. The van der Waals surface area contributed by atoms with E-state index in [0.717, 1.165) is 36.4 Å². The second-order valence-electron chi connectivity index (χ2n) is 6.55. The van der Waals surface area contributed by atoms with Crippen LogP contribution in [0.25, 0.3) is 10.9 Å². The molecule has 1 aliphatic heterocycles. The number of benzene rings is 1. The molecule has 3 heterocycles. The highest BCUT2D eigenvalue weighted by Gasteiger charge is 2.30. The molecular weight excluding hydrogens is 332 g/mol. The lowest BCUT2D eigenvalue weighted by molar-refractivity contribution is 0.178. The van der Waals surface area contributed by atoms with Crippen molar-refractivity contribution in [2.75, 3.05) is 20.3 Å². The molecule has 0 amide bonds. The minimum Gasteiger partial charge on any atom is -0.451 e. The van der Waals surface area contributed by atoms with Crippen LogP contribution in [0.5, 0.6) is 0 Å². The minimum absolute atomic E-state index is 0.00376. The Morgan fingerprint density at radius 1 is 1.35 bits per heavy atom. The molecule has 3 aromatic rings. The Kier molecular flexibility index (Phi) is 4.81. The predicted octanol–water partition coefficient (Wildman–Crippen LogP) is 2.37. The maximum atomic E-state index is 13.1. The van der Waals surface area contributed by atoms with Gasteiger partial charge in [-0.3, -0.25) is 14.3 Å². The molecule has 136 valence electrons. The van der Waals surface area contributed by atoms with Gasteiger partial charge in [0.15, 0.2) is 6.39 Å². The Morgan fingerprint density at radius 3 is 3.04 bits per heavy atom. The Morgan fingerprint density at radius 2 is 2.23 bits per heavy atom. The van der Waals surface area contributed by atoms with E-state index in [2.05, 4.69) is 9.88 Å². The number of nitrogens with zero attached hydrogens (tertiary/aromatic N) is 4. The molecule has 1 unspecified atom stereocenters. The molecule has 0 N–H and O–H groups in total. The first-order valence-corrected chi connectivity index (χ1v) is 8.87. The maximum Gasteiger partial charge on any atom is 0.261 e. The largest absolute Gasteiger partial charge is 0.451 e. The molecular formula is C19H22N4O3. The van der Waals surface area contributed by atoms with Gasteiger partial charge >= 0.3 is 0 Å². The third kappa shape index (κ3) is 3.15. The lowest BCUT2D eigenvalue weighted by atomic mass is 10.1. The number of likely N-dealkylation sites (tertiary alicyclic amines) is 1. The topological polar surface area (TPSA) is 73.4 Å². The van der Waals surface area contributed by atoms with Crippen LogP contribution < -0.4 is 5.56 Å². The minimum atomic E-state index is -0.00376. The summed E-state index contributed by atoms with van der Waals surface area (Å²) in [6.07, 6.45) is 5.15. The van der Waals surface area contributed by atoms with Crippen LogP contribution in [0.4, 0.5) is 0 Å². The summed E-state index contributed by atoms with van der Waals surface area (Å²) in [5, 5.41) is 0.647. The van der Waals surface area contributed by atoms with Gasteiger partial charge in [0.2, 0.25) is 0 Å². The van der Waals surface area contributed by atoms with E-state index in [-0.39, 0.29) is 11.6 Å². The van der Waals surface area contributed by atoms with Crippen molar-refractivity contribution in [3.8, 4) is 0 Å². The average Bonchev–Trinajstić information content (AvgIpc) is 3.33. The monoisotopic (exact) mass is 354 g/mol. The summed E-state index contributed by atoms with van der Waals surface area (Å²) in [6.45, 7) is 2.61. The fraction of sp³-hybridized carbons (Fsp3) is 0.421. The maximum absolute atomic E-state index is 13.1. The Labute approximate surface area is 151 Å². The van der Waals surface area contributed by atoms with Gasteiger partial charge in [-0.15, -0.1) is 0 Å². The molecule has 1 aromatic carbocycles. The van der Waals surface area contributed by atoms with Crippen molar-refractivity contribution in [3.63, 3.8) is 0 Å². The molecule has 1 aliphatic rings. The summed E-state index contributed by atoms with van der Waals surface area (Å²) in [5.41, 5.74) is 1.63. The van der Waals surface area contributed by atoms with Crippen LogP contribution in [0.15, 0.2) is 46.1 Å². The summed E-state index contributed by atoms with van der Waals surface area (Å²) in [4.78, 5) is 24.5. The molecule has 4 rings (SSSR count). The predicted molar refractivity (Wildman–Crippen MR) is 96.8 cm³/mol. The molecule has 26 heavy (non-hydrogen) atoms. The standard InChI is InChI=1S/C19H22N4O3/c1-25-10-9-23-18(21-16-6-3-2-5-15(16)19(23)24)17-7-4-8-22(17)11-14-12-26-13-20-14/h2-3,5-6,12-13,17H,4,7-11H2,1H3. The van der Waals surface area contributed by atoms with Gasteiger partial charge in [-0.05, 0) is 31.5 Å². The second-order valence-corrected chi connectivity index (χ2v) is 6.55. The van der Waals surface area contributed by atoms with Gasteiger partial charge in [-0.1, -0.05) is 12.1 Å². The zero-order valence-electron chi connectivity index (χ0n) is 14.8. The van der Waals surface area contributed by atoms with Gasteiger partial charge < -0.3 is 9.15 Å². The van der Waals surface area contributed by atoms with Gasteiger partial charge in [0.05, 0.1) is 35.8 Å². The molecule has 2 aromatic heterocycles. The van der Waals surface area contributed by atoms with E-state index in [1.165, 1.54) is 6.39 Å². The number of fused-ring (bicyclic) bond motifs is 1. The molecule has 0 saturated carbocycles. The molecule has 0 aliphatic carbocycles. The van der Waals surface area contributed by atoms with Crippen molar-refractivity contribution in [1.29, 1.82) is 0 Å². The van der Waals surface area contributed by atoms with Crippen molar-refractivity contribution in [3.05, 3.63) is 58.8 Å². The van der Waals surface area contributed by atoms with E-state index < -0.39 is 0 Å². The molecule has 7 heteroatoms. The zero-order valence-corrected chi connectivity index (χ0v) is 14.8. The summed E-state index contributed by atoms with van der Waals surface area (Å²) in [6, 6.07) is 7.61. The Balaban J connectivity index is 1.77. The Bertz CT molecular complexity index is 936. The smallest absolute Gasteiger partial charge is 0.261 e. The number of aromatic nitrogens is 3. The normalized spacial score (nSPS) is 18.0. The van der Waals surface area contributed by atoms with E-state index >= 15 is 0 Å². The average molecular weight is 354 g/mol. The van der Waals surface area contributed by atoms with Gasteiger partial charge in [0.25, 0.3) is 5.56 Å². The highest BCUT2D eigenvalue weighted by Crippen LogP contribution is 2.32. The van der Waals surface area contributed by atoms with Crippen LogP contribution in [0, 0.1) is 0 Å². The van der Waals surface area contributed by atoms with Gasteiger partial charge in [0.1, 0.15) is 12.1 Å². The van der Waals surface area contributed by atoms with E-state index in [0.29, 0.717) is 25.1 Å². The first-order chi connectivity index (χ1) is 12.8. The molecule has 1 fully saturated rings. The summed E-state index contributed by atoms with van der Waals surface area (Å²) in [7, 11) is 1.64. The number of hydrogen-bond donors (Lipinski definition) is 0. The third-order valence-electron chi connectivity index (χ3n) is 4.92. The summed E-state index contributed by atoms with van der Waals surface area (Å²) in [5.74, 6) is 0.812. The number of oxazole rings is 1. The molecule has 7 nitrogen and oxygen atoms in total. The van der Waals surface area contributed by atoms with Gasteiger partial charge in [0, 0.05) is 13.7 Å². The van der Waals surface area contributed by atoms with E-state index in [9.17, 15) is 4.79 Å². The quantitative estimate of drug-likeness (QED) is 0.677. The van der Waals surface area contributed by atoms with Crippen LogP contribution in [0.2, 0.25) is 0 Å². The van der Waals surface area contributed by atoms with Crippen molar-refractivity contribution in [2.24, 2.45) is 0 Å². The lowest BCUT2D eigenvalue weighted by Gasteiger charge is -2.25. The van der Waals surface area contributed by atoms with Crippen LogP contribution in [-0.2, 0) is 17.8 Å². The number of methoxy groups -OCH3 is 1. The van der Waals surface area contributed by atoms with Crippen LogP contribution >= 0.6 is 0 Å². The number of hydrogen-bond acceptors (Lipinski definition) is 6. The van der Waals surface area contributed by atoms with Crippen molar-refractivity contribution < 1.29 is 9.15 Å². The van der Waals surface area contributed by atoms with E-state index in [4.69, 9.17) is 14.1 Å². The third-order valence-corrected chi connectivity index (χ3v) is 4.92. The summed E-state index contributed by atoms with van der Waals surface area (Å²) < 4.78 is 12.1. The number of para-hydroxylation sites is 1. The molecule has 1 atom stereocenters. The van der Waals surface area contributed by atoms with Crippen LogP contribution in [0.1, 0.15) is 30.4 Å². The van der Waals surface area contributed by atoms with Crippen molar-refractivity contribution in [1.82, 2.24) is 19.4 Å². The zero-order chi connectivity index (χ0) is 17.9. The van der Waals surface area contributed by atoms with Crippen LogP contribution in [-0.4, -0.2) is 39.7 Å². The molecule has 0 spiro atoms. The fourth-order valence-corrected chi connectivity index (χ4v) is 3.67. The first-order valence-electron chi connectivity index (χ1n) is 8.87. The highest BCUT2D eigenvalue weighted by atomic mass is 16.5. The first kappa shape index (κ1) is 16.9. The van der Waals surface area contributed by atoms with Gasteiger partial charge in [-0.2, -0.15) is 0 Å².